The summed E-state index contributed by atoms with van der Waals surface area (Å²) in [6.07, 6.45) is 2.56. The molecule has 0 unspecified atom stereocenters. The third-order valence-electron chi connectivity index (χ3n) is 1.70. The van der Waals surface area contributed by atoms with E-state index in [1.807, 2.05) is 0 Å². The number of carboxylic acid groups (broad SMARTS) is 1. The fourth-order valence-electron chi connectivity index (χ4n) is 0.998. The van der Waals surface area contributed by atoms with E-state index in [1.54, 1.807) is 12.1 Å². The molecule has 15 heavy (non-hydrogen) atoms. The molecule has 0 bridgehead atoms. The Balaban J connectivity index is 2.74. The molecule has 1 N–H and O–H groups in total. The summed E-state index contributed by atoms with van der Waals surface area (Å²) in [6.45, 7) is -0.404. The van der Waals surface area contributed by atoms with Crippen molar-refractivity contribution in [3.8, 4) is 0 Å². The Morgan fingerprint density at radius 3 is 2.87 bits per heavy atom. The number of aliphatic carboxylic acids is 1. The van der Waals surface area contributed by atoms with E-state index in [4.69, 9.17) is 9.52 Å². The van der Waals surface area contributed by atoms with Crippen LogP contribution in [0.5, 0.6) is 0 Å². The van der Waals surface area contributed by atoms with Gasteiger partial charge in [-0.05, 0) is 18.2 Å². The number of hydrogen-bond donors (Lipinski definition) is 1. The Kier molecular flexibility index (Phi) is 3.61. The van der Waals surface area contributed by atoms with Crippen molar-refractivity contribution in [3.63, 3.8) is 0 Å². The molecule has 0 aromatic carbocycles. The average molecular weight is 211 g/mol. The fourth-order valence-corrected chi connectivity index (χ4v) is 0.998. The first-order valence-electron chi connectivity index (χ1n) is 4.19. The normalized spacial score (nSPS) is 11.3. The van der Waals surface area contributed by atoms with Gasteiger partial charge in [-0.1, -0.05) is 0 Å². The summed E-state index contributed by atoms with van der Waals surface area (Å²) in [5.74, 6) is -0.802. The van der Waals surface area contributed by atoms with Crippen molar-refractivity contribution in [1.29, 1.82) is 0 Å². The van der Waals surface area contributed by atoms with Gasteiger partial charge in [-0.3, -0.25) is 10.1 Å². The SMILES string of the molecule is O=C(O)C(=Cc1ccco1)CC[N+](=O)[O-]. The second-order valence-corrected chi connectivity index (χ2v) is 2.80. The van der Waals surface area contributed by atoms with Crippen LogP contribution in [0.4, 0.5) is 0 Å². The topological polar surface area (TPSA) is 93.6 Å². The van der Waals surface area contributed by atoms with Crippen molar-refractivity contribution >= 4 is 12.0 Å². The van der Waals surface area contributed by atoms with Crippen LogP contribution in [0.25, 0.3) is 6.08 Å². The van der Waals surface area contributed by atoms with Gasteiger partial charge in [0.25, 0.3) is 0 Å². The Morgan fingerprint density at radius 1 is 1.67 bits per heavy atom. The minimum Gasteiger partial charge on any atom is -0.478 e. The van der Waals surface area contributed by atoms with Gasteiger partial charge in [0, 0.05) is 16.9 Å². The first-order valence-corrected chi connectivity index (χ1v) is 4.19. The summed E-state index contributed by atoms with van der Waals surface area (Å²) in [7, 11) is 0. The second kappa shape index (κ2) is 4.94. The summed E-state index contributed by atoms with van der Waals surface area (Å²) in [6, 6.07) is 3.19. The molecule has 1 rings (SSSR count). The maximum Gasteiger partial charge on any atom is 0.331 e. The number of rotatable bonds is 5. The Morgan fingerprint density at radius 2 is 2.40 bits per heavy atom. The molecule has 0 saturated carbocycles. The maximum atomic E-state index is 10.7. The van der Waals surface area contributed by atoms with Crippen molar-refractivity contribution in [2.75, 3.05) is 6.54 Å². The lowest BCUT2D eigenvalue weighted by Gasteiger charge is -1.97. The number of nitrogens with zero attached hydrogens (tertiary/aromatic N) is 1. The van der Waals surface area contributed by atoms with E-state index in [0.717, 1.165) is 0 Å². The molecule has 0 radical (unpaired) electrons. The lowest BCUT2D eigenvalue weighted by atomic mass is 10.1. The zero-order valence-electron chi connectivity index (χ0n) is 7.75. The van der Waals surface area contributed by atoms with Crippen LogP contribution in [-0.4, -0.2) is 22.5 Å². The standard InChI is InChI=1S/C9H9NO5/c11-9(12)7(3-4-10(13)14)6-8-2-1-5-15-8/h1-2,5-6H,3-4H2,(H,11,12). The number of carbonyl (C=O) groups is 1. The lowest BCUT2D eigenvalue weighted by Crippen LogP contribution is -2.07. The number of hydrogen-bond acceptors (Lipinski definition) is 4. The number of carboxylic acids is 1. The summed E-state index contributed by atoms with van der Waals surface area (Å²) in [5.41, 5.74) is -0.0401. The van der Waals surface area contributed by atoms with E-state index < -0.39 is 17.4 Å². The van der Waals surface area contributed by atoms with Crippen LogP contribution in [0.1, 0.15) is 12.2 Å². The van der Waals surface area contributed by atoms with Gasteiger partial charge in [-0.25, -0.2) is 4.79 Å². The molecule has 80 valence electrons. The predicted molar refractivity (Wildman–Crippen MR) is 50.8 cm³/mol. The predicted octanol–water partition coefficient (Wildman–Crippen LogP) is 1.41. The van der Waals surface area contributed by atoms with Gasteiger partial charge in [-0.15, -0.1) is 0 Å². The monoisotopic (exact) mass is 211 g/mol. The van der Waals surface area contributed by atoms with Crippen LogP contribution in [0.15, 0.2) is 28.4 Å². The van der Waals surface area contributed by atoms with Gasteiger partial charge < -0.3 is 9.52 Å². The van der Waals surface area contributed by atoms with Crippen molar-refractivity contribution in [1.82, 2.24) is 0 Å². The van der Waals surface area contributed by atoms with Crippen LogP contribution in [0.2, 0.25) is 0 Å². The lowest BCUT2D eigenvalue weighted by molar-refractivity contribution is -0.479. The largest absolute Gasteiger partial charge is 0.478 e. The minimum atomic E-state index is -1.17. The van der Waals surface area contributed by atoms with E-state index in [-0.39, 0.29) is 12.0 Å². The Hall–Kier alpha value is -2.11. The minimum absolute atomic E-state index is 0.0401. The van der Waals surface area contributed by atoms with Crippen LogP contribution in [0.3, 0.4) is 0 Å². The maximum absolute atomic E-state index is 10.7. The van der Waals surface area contributed by atoms with E-state index in [1.165, 1.54) is 12.3 Å². The van der Waals surface area contributed by atoms with Gasteiger partial charge >= 0.3 is 5.97 Å². The molecule has 0 atom stereocenters. The van der Waals surface area contributed by atoms with Gasteiger partial charge in [0.15, 0.2) is 0 Å². The highest BCUT2D eigenvalue weighted by Gasteiger charge is 2.11. The van der Waals surface area contributed by atoms with Gasteiger partial charge in [0.05, 0.1) is 6.26 Å². The van der Waals surface area contributed by atoms with Crippen molar-refractivity contribution in [3.05, 3.63) is 39.8 Å². The highest BCUT2D eigenvalue weighted by molar-refractivity contribution is 5.91. The molecule has 0 aliphatic rings. The molecule has 0 aliphatic carbocycles. The highest BCUT2D eigenvalue weighted by atomic mass is 16.6. The van der Waals surface area contributed by atoms with Gasteiger partial charge in [-0.2, -0.15) is 0 Å². The zero-order valence-corrected chi connectivity index (χ0v) is 7.75. The molecule has 1 heterocycles. The smallest absolute Gasteiger partial charge is 0.331 e. The summed E-state index contributed by atoms with van der Waals surface area (Å²) in [4.78, 5) is 20.2. The quantitative estimate of drug-likeness (QED) is 0.451. The van der Waals surface area contributed by atoms with Crippen LogP contribution in [-0.2, 0) is 4.79 Å². The van der Waals surface area contributed by atoms with Crippen LogP contribution in [0, 0.1) is 10.1 Å². The average Bonchev–Trinajstić information content (AvgIpc) is 2.63. The first-order chi connectivity index (χ1) is 7.09. The molecule has 0 fully saturated rings. The first kappa shape index (κ1) is 11.0. The van der Waals surface area contributed by atoms with Gasteiger partial charge in [0.2, 0.25) is 6.54 Å². The number of nitro groups is 1. The molecule has 0 aliphatic heterocycles. The third-order valence-corrected chi connectivity index (χ3v) is 1.70. The summed E-state index contributed by atoms with van der Waals surface area (Å²) < 4.78 is 4.91. The molecule has 0 amide bonds. The molecule has 0 spiro atoms. The molecule has 1 aromatic rings. The molecule has 0 saturated heterocycles. The molecule has 1 aromatic heterocycles. The van der Waals surface area contributed by atoms with E-state index in [2.05, 4.69) is 0 Å². The third kappa shape index (κ3) is 3.63. The fraction of sp³-hybridized carbons (Fsp3) is 0.222. The Bertz CT molecular complexity index is 379. The van der Waals surface area contributed by atoms with E-state index in [9.17, 15) is 14.9 Å². The van der Waals surface area contributed by atoms with Crippen molar-refractivity contribution in [2.45, 2.75) is 6.42 Å². The summed E-state index contributed by atoms with van der Waals surface area (Å²) >= 11 is 0. The van der Waals surface area contributed by atoms with Crippen molar-refractivity contribution < 1.29 is 19.2 Å². The molecular formula is C9H9NO5. The van der Waals surface area contributed by atoms with Crippen molar-refractivity contribution in [2.24, 2.45) is 0 Å². The molecule has 6 nitrogen and oxygen atoms in total. The number of furan rings is 1. The zero-order chi connectivity index (χ0) is 11.3. The second-order valence-electron chi connectivity index (χ2n) is 2.80. The summed E-state index contributed by atoms with van der Waals surface area (Å²) in [5, 5.41) is 18.8. The van der Waals surface area contributed by atoms with Crippen LogP contribution >= 0.6 is 0 Å². The molecule has 6 heteroatoms. The van der Waals surface area contributed by atoms with E-state index in [0.29, 0.717) is 5.76 Å². The van der Waals surface area contributed by atoms with E-state index >= 15 is 0 Å². The van der Waals surface area contributed by atoms with Crippen LogP contribution < -0.4 is 0 Å². The molecular weight excluding hydrogens is 202 g/mol. The van der Waals surface area contributed by atoms with Gasteiger partial charge in [0.1, 0.15) is 5.76 Å². The Labute approximate surface area is 85.0 Å². The highest BCUT2D eigenvalue weighted by Crippen LogP contribution is 2.10.